The van der Waals surface area contributed by atoms with Gasteiger partial charge in [-0.2, -0.15) is 0 Å². The maximum absolute atomic E-state index is 10.9. The van der Waals surface area contributed by atoms with E-state index in [1.807, 2.05) is 0 Å². The number of halogens is 1. The van der Waals surface area contributed by atoms with Gasteiger partial charge in [-0.05, 0) is 24.6 Å². The first-order valence-corrected chi connectivity index (χ1v) is 5.40. The van der Waals surface area contributed by atoms with Crippen LogP contribution in [0.4, 0.5) is 11.5 Å². The molecule has 0 aliphatic rings. The van der Waals surface area contributed by atoms with E-state index in [-0.39, 0.29) is 22.4 Å². The Bertz CT molecular complexity index is 630. The van der Waals surface area contributed by atoms with Crippen LogP contribution in [0.1, 0.15) is 5.56 Å². The summed E-state index contributed by atoms with van der Waals surface area (Å²) >= 11 is 6.00. The van der Waals surface area contributed by atoms with Gasteiger partial charge in [-0.1, -0.05) is 11.6 Å². The third-order valence-electron chi connectivity index (χ3n) is 2.31. The number of benzene rings is 1. The standard InChI is InChI=1S/C11H9ClN4O2/c1-6-4-7(10(12)8(5-6)16(17)18)11-14-3-2-9(13)15-11/h2-5H,1H3,(H2,13,14,15). The minimum Gasteiger partial charge on any atom is -0.384 e. The maximum atomic E-state index is 10.9. The number of nitro benzene ring substituents is 1. The van der Waals surface area contributed by atoms with Gasteiger partial charge >= 0.3 is 0 Å². The lowest BCUT2D eigenvalue weighted by Crippen LogP contribution is -1.97. The molecule has 0 aliphatic heterocycles. The Balaban J connectivity index is 2.68. The van der Waals surface area contributed by atoms with Crippen LogP contribution in [-0.4, -0.2) is 14.9 Å². The topological polar surface area (TPSA) is 94.9 Å². The number of nitrogen functional groups attached to an aromatic ring is 1. The molecule has 0 spiro atoms. The van der Waals surface area contributed by atoms with E-state index in [1.165, 1.54) is 18.3 Å². The number of aromatic nitrogens is 2. The summed E-state index contributed by atoms with van der Waals surface area (Å²) in [6.45, 7) is 1.74. The van der Waals surface area contributed by atoms with Crippen molar-refractivity contribution in [2.75, 3.05) is 5.73 Å². The van der Waals surface area contributed by atoms with Gasteiger partial charge in [0.05, 0.1) is 4.92 Å². The van der Waals surface area contributed by atoms with Gasteiger partial charge in [-0.15, -0.1) is 0 Å². The third-order valence-corrected chi connectivity index (χ3v) is 2.71. The summed E-state index contributed by atoms with van der Waals surface area (Å²) in [6.07, 6.45) is 1.47. The molecule has 1 aromatic carbocycles. The molecule has 0 aliphatic carbocycles. The maximum Gasteiger partial charge on any atom is 0.288 e. The van der Waals surface area contributed by atoms with Crippen molar-refractivity contribution in [3.05, 3.63) is 45.1 Å². The Hall–Kier alpha value is -2.21. The lowest BCUT2D eigenvalue weighted by molar-refractivity contribution is -0.384. The zero-order chi connectivity index (χ0) is 13.3. The largest absolute Gasteiger partial charge is 0.384 e. The predicted octanol–water partition coefficient (Wildman–Crippen LogP) is 2.60. The van der Waals surface area contributed by atoms with Crippen LogP contribution in [0.25, 0.3) is 11.4 Å². The Labute approximate surface area is 108 Å². The molecule has 18 heavy (non-hydrogen) atoms. The molecule has 2 N–H and O–H groups in total. The van der Waals surface area contributed by atoms with Crippen molar-refractivity contribution >= 4 is 23.1 Å². The second-order valence-electron chi connectivity index (χ2n) is 3.71. The summed E-state index contributed by atoms with van der Waals surface area (Å²) in [5.74, 6) is 0.548. The number of anilines is 1. The van der Waals surface area contributed by atoms with Crippen molar-refractivity contribution in [3.63, 3.8) is 0 Å². The summed E-state index contributed by atoms with van der Waals surface area (Å²) in [7, 11) is 0. The summed E-state index contributed by atoms with van der Waals surface area (Å²) in [6, 6.07) is 4.61. The number of nitro groups is 1. The van der Waals surface area contributed by atoms with Crippen molar-refractivity contribution in [3.8, 4) is 11.4 Å². The van der Waals surface area contributed by atoms with E-state index in [0.29, 0.717) is 11.1 Å². The zero-order valence-electron chi connectivity index (χ0n) is 9.42. The normalized spacial score (nSPS) is 10.3. The van der Waals surface area contributed by atoms with Gasteiger partial charge in [0.2, 0.25) is 0 Å². The number of aryl methyl sites for hydroxylation is 1. The molecule has 1 aromatic heterocycles. The van der Waals surface area contributed by atoms with E-state index in [4.69, 9.17) is 17.3 Å². The Kier molecular flexibility index (Phi) is 3.12. The fourth-order valence-electron chi connectivity index (χ4n) is 1.55. The number of hydrogen-bond donors (Lipinski definition) is 1. The van der Waals surface area contributed by atoms with Crippen LogP contribution in [0.15, 0.2) is 24.4 Å². The van der Waals surface area contributed by atoms with Gasteiger partial charge in [0.25, 0.3) is 5.69 Å². The van der Waals surface area contributed by atoms with Crippen molar-refractivity contribution in [1.82, 2.24) is 9.97 Å². The van der Waals surface area contributed by atoms with Crippen LogP contribution in [-0.2, 0) is 0 Å². The van der Waals surface area contributed by atoms with Gasteiger partial charge < -0.3 is 5.73 Å². The van der Waals surface area contributed by atoms with Gasteiger partial charge in [0.1, 0.15) is 10.8 Å². The summed E-state index contributed by atoms with van der Waals surface area (Å²) in [4.78, 5) is 18.4. The summed E-state index contributed by atoms with van der Waals surface area (Å²) in [5, 5.41) is 10.9. The van der Waals surface area contributed by atoms with Crippen molar-refractivity contribution < 1.29 is 4.92 Å². The summed E-state index contributed by atoms with van der Waals surface area (Å²) in [5.41, 5.74) is 6.48. The molecule has 0 amide bonds. The van der Waals surface area contributed by atoms with Crippen molar-refractivity contribution in [2.24, 2.45) is 0 Å². The van der Waals surface area contributed by atoms with Crippen LogP contribution >= 0.6 is 11.6 Å². The van der Waals surface area contributed by atoms with E-state index >= 15 is 0 Å². The number of nitrogens with zero attached hydrogens (tertiary/aromatic N) is 3. The Morgan fingerprint density at radius 3 is 2.78 bits per heavy atom. The highest BCUT2D eigenvalue weighted by molar-refractivity contribution is 6.35. The molecule has 2 aromatic rings. The number of nitrogens with two attached hydrogens (primary N) is 1. The van der Waals surface area contributed by atoms with E-state index in [0.717, 1.165) is 0 Å². The molecule has 0 fully saturated rings. The lowest BCUT2D eigenvalue weighted by Gasteiger charge is -2.05. The second kappa shape index (κ2) is 4.58. The summed E-state index contributed by atoms with van der Waals surface area (Å²) < 4.78 is 0. The van der Waals surface area contributed by atoms with E-state index in [1.54, 1.807) is 13.0 Å². The molecule has 0 saturated heterocycles. The van der Waals surface area contributed by atoms with Gasteiger partial charge in [0.15, 0.2) is 5.82 Å². The smallest absolute Gasteiger partial charge is 0.288 e. The predicted molar refractivity (Wildman–Crippen MR) is 68.3 cm³/mol. The van der Waals surface area contributed by atoms with Gasteiger partial charge in [-0.3, -0.25) is 10.1 Å². The molecule has 7 heteroatoms. The van der Waals surface area contributed by atoms with Gasteiger partial charge in [-0.25, -0.2) is 9.97 Å². The monoisotopic (exact) mass is 264 g/mol. The second-order valence-corrected chi connectivity index (χ2v) is 4.09. The molecule has 0 unspecified atom stereocenters. The Morgan fingerprint density at radius 1 is 1.44 bits per heavy atom. The molecular weight excluding hydrogens is 256 g/mol. The van der Waals surface area contributed by atoms with Crippen LogP contribution in [0.2, 0.25) is 5.02 Å². The fourth-order valence-corrected chi connectivity index (χ4v) is 1.81. The molecule has 2 rings (SSSR count). The molecule has 1 heterocycles. The molecular formula is C11H9ClN4O2. The van der Waals surface area contributed by atoms with Crippen LogP contribution in [0, 0.1) is 17.0 Å². The number of rotatable bonds is 2. The minimum absolute atomic E-state index is 0.0104. The lowest BCUT2D eigenvalue weighted by atomic mass is 10.1. The first-order valence-electron chi connectivity index (χ1n) is 5.02. The fraction of sp³-hybridized carbons (Fsp3) is 0.0909. The van der Waals surface area contributed by atoms with Crippen LogP contribution < -0.4 is 5.73 Å². The van der Waals surface area contributed by atoms with Crippen molar-refractivity contribution in [1.29, 1.82) is 0 Å². The van der Waals surface area contributed by atoms with Crippen LogP contribution in [0.3, 0.4) is 0 Å². The Morgan fingerprint density at radius 2 is 2.17 bits per heavy atom. The first-order chi connectivity index (χ1) is 8.49. The highest BCUT2D eigenvalue weighted by atomic mass is 35.5. The average molecular weight is 265 g/mol. The highest BCUT2D eigenvalue weighted by Gasteiger charge is 2.19. The molecule has 0 radical (unpaired) electrons. The molecule has 0 bridgehead atoms. The van der Waals surface area contributed by atoms with Crippen LogP contribution in [0.5, 0.6) is 0 Å². The minimum atomic E-state index is -0.537. The van der Waals surface area contributed by atoms with Crippen molar-refractivity contribution in [2.45, 2.75) is 6.92 Å². The van der Waals surface area contributed by atoms with E-state index < -0.39 is 4.92 Å². The zero-order valence-corrected chi connectivity index (χ0v) is 10.2. The molecule has 0 atom stereocenters. The van der Waals surface area contributed by atoms with E-state index in [9.17, 15) is 10.1 Å². The first kappa shape index (κ1) is 12.3. The SMILES string of the molecule is Cc1cc(-c2nccc(N)n2)c(Cl)c([N+](=O)[O-])c1. The number of hydrogen-bond acceptors (Lipinski definition) is 5. The molecule has 0 saturated carbocycles. The quantitative estimate of drug-likeness (QED) is 0.664. The molecule has 92 valence electrons. The molecule has 6 nitrogen and oxygen atoms in total. The highest BCUT2D eigenvalue weighted by Crippen LogP contribution is 2.34. The average Bonchev–Trinajstić information content (AvgIpc) is 2.31. The van der Waals surface area contributed by atoms with E-state index in [2.05, 4.69) is 9.97 Å². The third kappa shape index (κ3) is 2.23. The van der Waals surface area contributed by atoms with Gasteiger partial charge in [0, 0.05) is 17.8 Å².